The van der Waals surface area contributed by atoms with Gasteiger partial charge in [-0.15, -0.1) is 4.48 Å². The zero-order valence-electron chi connectivity index (χ0n) is 7.42. The van der Waals surface area contributed by atoms with Gasteiger partial charge in [0.15, 0.2) is 0 Å². The molecule has 0 amide bonds. The van der Waals surface area contributed by atoms with E-state index in [0.29, 0.717) is 5.56 Å². The molecule has 0 saturated carbocycles. The van der Waals surface area contributed by atoms with Crippen LogP contribution >= 0.6 is 11.6 Å². The van der Waals surface area contributed by atoms with Crippen LogP contribution in [0.25, 0.3) is 0 Å². The summed E-state index contributed by atoms with van der Waals surface area (Å²) in [6.07, 6.45) is 0. The summed E-state index contributed by atoms with van der Waals surface area (Å²) in [5, 5.41) is 8.98. The van der Waals surface area contributed by atoms with E-state index < -0.39 is 11.9 Å². The van der Waals surface area contributed by atoms with Crippen LogP contribution in [0.15, 0.2) is 18.2 Å². The van der Waals surface area contributed by atoms with E-state index in [1.807, 2.05) is 0 Å². The second-order valence-electron chi connectivity index (χ2n) is 2.89. The number of hydrogen-bond donors (Lipinski definition) is 2. The minimum atomic E-state index is -0.965. The van der Waals surface area contributed by atoms with Crippen molar-refractivity contribution in [3.8, 4) is 0 Å². The summed E-state index contributed by atoms with van der Waals surface area (Å²) in [5.41, 5.74) is 2.11. The molecule has 1 aromatic carbocycles. The molecular weight excluding hydrogens is 209 g/mol. The quantitative estimate of drug-likeness (QED) is 0.766. The standard InChI is InChI=1S/C9H9ClFNO2/c1-5(9(13)14)7-3-2-6(12-11)4-8(7)10/h2-5,12H,1H3,(H,13,14). The molecule has 0 aliphatic heterocycles. The van der Waals surface area contributed by atoms with Crippen LogP contribution in [0, 0.1) is 0 Å². The van der Waals surface area contributed by atoms with E-state index in [2.05, 4.69) is 0 Å². The van der Waals surface area contributed by atoms with Crippen molar-refractivity contribution in [2.45, 2.75) is 12.8 Å². The van der Waals surface area contributed by atoms with Crippen LogP contribution in [0.2, 0.25) is 5.02 Å². The molecule has 0 aliphatic carbocycles. The first-order chi connectivity index (χ1) is 6.56. The van der Waals surface area contributed by atoms with E-state index in [1.54, 1.807) is 0 Å². The summed E-state index contributed by atoms with van der Waals surface area (Å²) in [7, 11) is 0. The Hall–Kier alpha value is -1.29. The van der Waals surface area contributed by atoms with E-state index in [0.717, 1.165) is 0 Å². The average Bonchev–Trinajstić information content (AvgIpc) is 2.16. The highest BCUT2D eigenvalue weighted by Crippen LogP contribution is 2.27. The van der Waals surface area contributed by atoms with E-state index in [-0.39, 0.29) is 10.7 Å². The van der Waals surface area contributed by atoms with Crippen molar-refractivity contribution in [3.05, 3.63) is 28.8 Å². The first-order valence-electron chi connectivity index (χ1n) is 3.95. The van der Waals surface area contributed by atoms with Crippen LogP contribution in [0.3, 0.4) is 0 Å². The number of hydrogen-bond acceptors (Lipinski definition) is 2. The molecule has 0 spiro atoms. The first kappa shape index (κ1) is 10.8. The van der Waals surface area contributed by atoms with Gasteiger partial charge in [-0.25, -0.2) is 5.54 Å². The highest BCUT2D eigenvalue weighted by Gasteiger charge is 2.16. The van der Waals surface area contributed by atoms with Crippen molar-refractivity contribution >= 4 is 23.3 Å². The molecule has 0 bridgehead atoms. The average molecular weight is 218 g/mol. The van der Waals surface area contributed by atoms with Crippen LogP contribution < -0.4 is 5.54 Å². The predicted octanol–water partition coefficient (Wildman–Crippen LogP) is 2.82. The van der Waals surface area contributed by atoms with Gasteiger partial charge in [-0.2, -0.15) is 0 Å². The van der Waals surface area contributed by atoms with Crippen molar-refractivity contribution in [3.63, 3.8) is 0 Å². The summed E-state index contributed by atoms with van der Waals surface area (Å²) < 4.78 is 12.0. The van der Waals surface area contributed by atoms with Crippen molar-refractivity contribution in [1.29, 1.82) is 0 Å². The number of benzene rings is 1. The molecule has 0 fully saturated rings. The van der Waals surface area contributed by atoms with Gasteiger partial charge < -0.3 is 5.11 Å². The van der Waals surface area contributed by atoms with Gasteiger partial charge in [-0.05, 0) is 24.6 Å². The smallest absolute Gasteiger partial charge is 0.310 e. The Bertz CT molecular complexity index is 357. The third kappa shape index (κ3) is 2.14. The molecule has 0 aliphatic rings. The SMILES string of the molecule is CC(C(=O)O)c1ccc(NF)cc1Cl. The highest BCUT2D eigenvalue weighted by molar-refractivity contribution is 6.31. The topological polar surface area (TPSA) is 49.3 Å². The zero-order chi connectivity index (χ0) is 10.7. The number of nitrogens with one attached hydrogen (secondary N) is 1. The summed E-state index contributed by atoms with van der Waals surface area (Å²) in [5.74, 6) is -1.66. The number of carbonyl (C=O) groups is 1. The molecule has 0 saturated heterocycles. The fourth-order valence-corrected chi connectivity index (χ4v) is 1.41. The largest absolute Gasteiger partial charge is 0.481 e. The Labute approximate surface area is 85.4 Å². The summed E-state index contributed by atoms with van der Waals surface area (Å²) in [4.78, 5) is 10.7. The van der Waals surface area contributed by atoms with Gasteiger partial charge in [0.25, 0.3) is 0 Å². The Morgan fingerprint density at radius 3 is 2.71 bits per heavy atom. The maximum atomic E-state index is 12.0. The molecule has 0 aromatic heterocycles. The highest BCUT2D eigenvalue weighted by atomic mass is 35.5. The predicted molar refractivity (Wildman–Crippen MR) is 52.2 cm³/mol. The molecule has 5 heteroatoms. The molecule has 1 rings (SSSR count). The lowest BCUT2D eigenvalue weighted by atomic mass is 10.0. The fraction of sp³-hybridized carbons (Fsp3) is 0.222. The number of carboxylic acids is 1. The van der Waals surface area contributed by atoms with Gasteiger partial charge in [0.05, 0.1) is 11.6 Å². The Morgan fingerprint density at radius 2 is 2.29 bits per heavy atom. The van der Waals surface area contributed by atoms with Crippen molar-refractivity contribution in [2.75, 3.05) is 5.54 Å². The van der Waals surface area contributed by atoms with Gasteiger partial charge in [0.1, 0.15) is 0 Å². The molecular formula is C9H9ClFNO2. The van der Waals surface area contributed by atoms with Gasteiger partial charge in [-0.1, -0.05) is 17.7 Å². The van der Waals surface area contributed by atoms with Gasteiger partial charge in [0, 0.05) is 5.02 Å². The maximum Gasteiger partial charge on any atom is 0.310 e. The zero-order valence-corrected chi connectivity index (χ0v) is 8.18. The van der Waals surface area contributed by atoms with Gasteiger partial charge in [-0.3, -0.25) is 4.79 Å². The van der Waals surface area contributed by atoms with E-state index >= 15 is 0 Å². The molecule has 0 heterocycles. The number of carboxylic acid groups (broad SMARTS) is 1. The molecule has 1 unspecified atom stereocenters. The lowest BCUT2D eigenvalue weighted by molar-refractivity contribution is -0.138. The van der Waals surface area contributed by atoms with Crippen LogP contribution in [-0.4, -0.2) is 11.1 Å². The van der Waals surface area contributed by atoms with Crippen LogP contribution in [0.1, 0.15) is 18.4 Å². The summed E-state index contributed by atoms with van der Waals surface area (Å²) >= 11 is 5.78. The van der Waals surface area contributed by atoms with Gasteiger partial charge in [0.2, 0.25) is 0 Å². The second-order valence-corrected chi connectivity index (χ2v) is 3.30. The lowest BCUT2D eigenvalue weighted by Gasteiger charge is -2.09. The van der Waals surface area contributed by atoms with Crippen LogP contribution in [0.4, 0.5) is 10.2 Å². The number of anilines is 1. The molecule has 1 aromatic rings. The minimum Gasteiger partial charge on any atom is -0.481 e. The Balaban J connectivity index is 3.05. The van der Waals surface area contributed by atoms with Gasteiger partial charge >= 0.3 is 5.97 Å². The van der Waals surface area contributed by atoms with Crippen molar-refractivity contribution in [2.24, 2.45) is 0 Å². The Kier molecular flexibility index (Phi) is 3.30. The van der Waals surface area contributed by atoms with Crippen molar-refractivity contribution in [1.82, 2.24) is 0 Å². The minimum absolute atomic E-state index is 0.205. The molecule has 3 nitrogen and oxygen atoms in total. The van der Waals surface area contributed by atoms with Crippen molar-refractivity contribution < 1.29 is 14.4 Å². The van der Waals surface area contributed by atoms with E-state index in [1.165, 1.54) is 30.7 Å². The summed E-state index contributed by atoms with van der Waals surface area (Å²) in [6, 6.07) is 4.26. The normalized spacial score (nSPS) is 12.2. The number of aliphatic carboxylic acids is 1. The number of halogens is 2. The molecule has 2 N–H and O–H groups in total. The number of rotatable bonds is 3. The third-order valence-corrected chi connectivity index (χ3v) is 2.27. The first-order valence-corrected chi connectivity index (χ1v) is 4.33. The second kappa shape index (κ2) is 4.28. The van der Waals surface area contributed by atoms with Crippen LogP contribution in [0.5, 0.6) is 0 Å². The lowest BCUT2D eigenvalue weighted by Crippen LogP contribution is -2.07. The monoisotopic (exact) mass is 217 g/mol. The van der Waals surface area contributed by atoms with E-state index in [9.17, 15) is 9.28 Å². The third-order valence-electron chi connectivity index (χ3n) is 1.95. The molecule has 1 atom stereocenters. The Morgan fingerprint density at radius 1 is 1.64 bits per heavy atom. The molecule has 14 heavy (non-hydrogen) atoms. The summed E-state index contributed by atoms with van der Waals surface area (Å²) in [6.45, 7) is 1.52. The van der Waals surface area contributed by atoms with E-state index in [4.69, 9.17) is 16.7 Å². The molecule has 76 valence electrons. The van der Waals surface area contributed by atoms with Crippen LogP contribution in [-0.2, 0) is 4.79 Å². The molecule has 0 radical (unpaired) electrons. The maximum absolute atomic E-state index is 12.0. The fourth-order valence-electron chi connectivity index (χ4n) is 1.07.